The highest BCUT2D eigenvalue weighted by molar-refractivity contribution is 6.01. The van der Waals surface area contributed by atoms with Crippen LogP contribution in [0.15, 0.2) is 34.9 Å². The van der Waals surface area contributed by atoms with E-state index in [0.29, 0.717) is 17.1 Å². The number of nitrogens with zero attached hydrogens (tertiary/aromatic N) is 4. The van der Waals surface area contributed by atoms with Crippen molar-refractivity contribution in [3.63, 3.8) is 0 Å². The first kappa shape index (κ1) is 17.5. The van der Waals surface area contributed by atoms with E-state index in [2.05, 4.69) is 20.6 Å². The number of methoxy groups -OCH3 is 2. The first-order valence-electron chi connectivity index (χ1n) is 7.94. The van der Waals surface area contributed by atoms with Crippen LogP contribution in [0.4, 0.5) is 6.01 Å². The van der Waals surface area contributed by atoms with E-state index in [1.165, 1.54) is 7.11 Å². The molecule has 0 saturated heterocycles. The summed E-state index contributed by atoms with van der Waals surface area (Å²) in [5, 5.41) is 14.5. The molecule has 3 rings (SSSR count). The van der Waals surface area contributed by atoms with Gasteiger partial charge in [0.25, 0.3) is 5.91 Å². The molecule has 3 aromatic rings. The van der Waals surface area contributed by atoms with Crippen molar-refractivity contribution in [2.75, 3.05) is 19.5 Å². The summed E-state index contributed by atoms with van der Waals surface area (Å²) in [5.74, 6) is 0.943. The van der Waals surface area contributed by atoms with Crippen molar-refractivity contribution in [3.05, 3.63) is 36.2 Å². The molecule has 1 aromatic carbocycles. The van der Waals surface area contributed by atoms with E-state index in [0.717, 1.165) is 0 Å². The minimum atomic E-state index is -0.424. The van der Waals surface area contributed by atoms with Gasteiger partial charge in [0.2, 0.25) is 5.89 Å². The van der Waals surface area contributed by atoms with Crippen molar-refractivity contribution in [1.29, 1.82) is 0 Å². The fourth-order valence-electron chi connectivity index (χ4n) is 2.27. The summed E-state index contributed by atoms with van der Waals surface area (Å²) < 4.78 is 17.6. The SMILES string of the molecule is COc1ccc(-c2nnc(NC(=O)c3ccn(C(C)C)n3)o2)cc1OC. The van der Waals surface area contributed by atoms with Crippen molar-refractivity contribution < 1.29 is 18.7 Å². The zero-order valence-corrected chi connectivity index (χ0v) is 14.9. The second-order valence-corrected chi connectivity index (χ2v) is 5.71. The maximum absolute atomic E-state index is 12.2. The van der Waals surface area contributed by atoms with Crippen LogP contribution < -0.4 is 14.8 Å². The lowest BCUT2D eigenvalue weighted by Crippen LogP contribution is -2.14. The molecule has 0 spiro atoms. The Labute approximate surface area is 149 Å². The van der Waals surface area contributed by atoms with Crippen LogP contribution in [0.2, 0.25) is 0 Å². The average Bonchev–Trinajstić information content (AvgIpc) is 3.30. The number of nitrogens with one attached hydrogen (secondary N) is 1. The topological polar surface area (TPSA) is 104 Å². The van der Waals surface area contributed by atoms with E-state index < -0.39 is 5.91 Å². The minimum absolute atomic E-state index is 0.0149. The molecule has 9 nitrogen and oxygen atoms in total. The second-order valence-electron chi connectivity index (χ2n) is 5.71. The van der Waals surface area contributed by atoms with Gasteiger partial charge in [-0.2, -0.15) is 5.10 Å². The Balaban J connectivity index is 1.76. The van der Waals surface area contributed by atoms with Gasteiger partial charge in [0.15, 0.2) is 17.2 Å². The van der Waals surface area contributed by atoms with Gasteiger partial charge in [-0.1, -0.05) is 5.10 Å². The monoisotopic (exact) mass is 357 g/mol. The van der Waals surface area contributed by atoms with Gasteiger partial charge < -0.3 is 13.9 Å². The maximum atomic E-state index is 12.2. The van der Waals surface area contributed by atoms with Crippen LogP contribution in [0.5, 0.6) is 11.5 Å². The van der Waals surface area contributed by atoms with Gasteiger partial charge in [-0.25, -0.2) is 0 Å². The summed E-state index contributed by atoms with van der Waals surface area (Å²) in [5.41, 5.74) is 0.907. The summed E-state index contributed by atoms with van der Waals surface area (Å²) in [7, 11) is 3.09. The Bertz CT molecular complexity index is 916. The molecule has 0 unspecified atom stereocenters. The van der Waals surface area contributed by atoms with E-state index in [1.54, 1.807) is 42.3 Å². The van der Waals surface area contributed by atoms with Crippen molar-refractivity contribution >= 4 is 11.9 Å². The Morgan fingerprint density at radius 2 is 1.92 bits per heavy atom. The van der Waals surface area contributed by atoms with Crippen LogP contribution in [0.25, 0.3) is 11.5 Å². The highest BCUT2D eigenvalue weighted by atomic mass is 16.5. The Hall–Kier alpha value is -3.36. The number of anilines is 1. The lowest BCUT2D eigenvalue weighted by atomic mass is 10.2. The Kier molecular flexibility index (Phi) is 4.87. The van der Waals surface area contributed by atoms with Gasteiger partial charge in [0.05, 0.1) is 14.2 Å². The molecule has 1 N–H and O–H groups in total. The molecule has 0 saturated carbocycles. The molecule has 0 bridgehead atoms. The third kappa shape index (κ3) is 3.51. The predicted octanol–water partition coefficient (Wildman–Crippen LogP) is 2.78. The van der Waals surface area contributed by atoms with E-state index in [-0.39, 0.29) is 23.6 Å². The number of hydrogen-bond acceptors (Lipinski definition) is 7. The van der Waals surface area contributed by atoms with Crippen molar-refractivity contribution in [2.24, 2.45) is 0 Å². The van der Waals surface area contributed by atoms with Crippen LogP contribution in [-0.2, 0) is 0 Å². The Morgan fingerprint density at radius 1 is 1.15 bits per heavy atom. The number of hydrogen-bond donors (Lipinski definition) is 1. The number of carbonyl (C=O) groups is 1. The van der Waals surface area contributed by atoms with Crippen LogP contribution in [0.3, 0.4) is 0 Å². The molecule has 1 amide bonds. The first-order chi connectivity index (χ1) is 12.5. The summed E-state index contributed by atoms with van der Waals surface area (Å²) in [4.78, 5) is 12.2. The summed E-state index contributed by atoms with van der Waals surface area (Å²) >= 11 is 0. The number of carbonyl (C=O) groups excluding carboxylic acids is 1. The maximum Gasteiger partial charge on any atom is 0.322 e. The summed E-state index contributed by atoms with van der Waals surface area (Å²) in [6.45, 7) is 3.95. The number of benzene rings is 1. The first-order valence-corrected chi connectivity index (χ1v) is 7.94. The standard InChI is InChI=1S/C17H19N5O4/c1-10(2)22-8-7-12(21-22)15(23)18-17-20-19-16(26-17)11-5-6-13(24-3)14(9-11)25-4/h5-10H,1-4H3,(H,18,20,23). The molecule has 9 heteroatoms. The fourth-order valence-corrected chi connectivity index (χ4v) is 2.27. The van der Waals surface area contributed by atoms with E-state index in [4.69, 9.17) is 13.9 Å². The van der Waals surface area contributed by atoms with E-state index in [1.807, 2.05) is 13.8 Å². The fraction of sp³-hybridized carbons (Fsp3) is 0.294. The van der Waals surface area contributed by atoms with Gasteiger partial charge in [0.1, 0.15) is 0 Å². The molecule has 0 atom stereocenters. The summed E-state index contributed by atoms with van der Waals surface area (Å²) in [6.07, 6.45) is 1.74. The lowest BCUT2D eigenvalue weighted by Gasteiger charge is -2.07. The second kappa shape index (κ2) is 7.26. The number of ether oxygens (including phenoxy) is 2. The lowest BCUT2D eigenvalue weighted by molar-refractivity contribution is 0.101. The van der Waals surface area contributed by atoms with E-state index >= 15 is 0 Å². The van der Waals surface area contributed by atoms with Crippen LogP contribution in [0, 0.1) is 0 Å². The molecular weight excluding hydrogens is 338 g/mol. The van der Waals surface area contributed by atoms with Crippen LogP contribution in [-0.4, -0.2) is 40.1 Å². The van der Waals surface area contributed by atoms with Gasteiger partial charge in [-0.15, -0.1) is 5.10 Å². The summed E-state index contributed by atoms with van der Waals surface area (Å²) in [6, 6.07) is 6.97. The van der Waals surface area contributed by atoms with Gasteiger partial charge in [-0.05, 0) is 38.1 Å². The largest absolute Gasteiger partial charge is 0.493 e. The quantitative estimate of drug-likeness (QED) is 0.723. The van der Waals surface area contributed by atoms with Gasteiger partial charge in [0, 0.05) is 17.8 Å². The zero-order valence-electron chi connectivity index (χ0n) is 14.9. The molecule has 0 fully saturated rings. The highest BCUT2D eigenvalue weighted by Crippen LogP contribution is 2.32. The molecule has 0 aliphatic rings. The predicted molar refractivity (Wildman–Crippen MR) is 93.4 cm³/mol. The molecule has 136 valence electrons. The zero-order chi connectivity index (χ0) is 18.7. The smallest absolute Gasteiger partial charge is 0.322 e. The molecule has 0 aliphatic heterocycles. The average molecular weight is 357 g/mol. The molecule has 2 aromatic heterocycles. The van der Waals surface area contributed by atoms with Crippen molar-refractivity contribution in [2.45, 2.75) is 19.9 Å². The number of amides is 1. The van der Waals surface area contributed by atoms with Crippen molar-refractivity contribution in [3.8, 4) is 23.0 Å². The normalized spacial score (nSPS) is 10.8. The minimum Gasteiger partial charge on any atom is -0.493 e. The van der Waals surface area contributed by atoms with Gasteiger partial charge in [-0.3, -0.25) is 14.8 Å². The van der Waals surface area contributed by atoms with Crippen molar-refractivity contribution in [1.82, 2.24) is 20.0 Å². The molecule has 2 heterocycles. The molecule has 0 radical (unpaired) electrons. The van der Waals surface area contributed by atoms with Gasteiger partial charge >= 0.3 is 6.01 Å². The Morgan fingerprint density at radius 3 is 2.58 bits per heavy atom. The highest BCUT2D eigenvalue weighted by Gasteiger charge is 2.16. The number of rotatable bonds is 6. The molecular formula is C17H19N5O4. The van der Waals surface area contributed by atoms with Crippen LogP contribution in [0.1, 0.15) is 30.4 Å². The third-order valence-electron chi connectivity index (χ3n) is 3.65. The third-order valence-corrected chi connectivity index (χ3v) is 3.65. The van der Waals surface area contributed by atoms with E-state index in [9.17, 15) is 4.79 Å². The van der Waals surface area contributed by atoms with Crippen LogP contribution >= 0.6 is 0 Å². The molecule has 26 heavy (non-hydrogen) atoms. The molecule has 0 aliphatic carbocycles. The number of aromatic nitrogens is 4.